The fourth-order valence-electron chi connectivity index (χ4n) is 5.98. The number of aliphatic hydroxyl groups is 1. The minimum absolute atomic E-state index is 0.545. The van der Waals surface area contributed by atoms with Gasteiger partial charge in [0, 0.05) is 24.0 Å². The van der Waals surface area contributed by atoms with Gasteiger partial charge < -0.3 is 5.11 Å². The van der Waals surface area contributed by atoms with E-state index < -0.39 is 17.5 Å². The molecule has 1 atom stereocenters. The van der Waals surface area contributed by atoms with Crippen LogP contribution in [0.3, 0.4) is 0 Å². The Morgan fingerprint density at radius 3 is 1.95 bits per heavy atom. The van der Waals surface area contributed by atoms with Crippen molar-refractivity contribution in [2.75, 3.05) is 13.1 Å². The van der Waals surface area contributed by atoms with Gasteiger partial charge in [0.25, 0.3) is 5.84 Å². The van der Waals surface area contributed by atoms with Crippen LogP contribution in [0.25, 0.3) is 0 Å². The number of hydrogen-bond donors (Lipinski definition) is 1. The van der Waals surface area contributed by atoms with E-state index in [-0.39, 0.29) is 0 Å². The maximum absolute atomic E-state index is 12.9. The summed E-state index contributed by atoms with van der Waals surface area (Å²) in [5.41, 5.74) is 1.41. The van der Waals surface area contributed by atoms with Crippen LogP contribution in [-0.2, 0) is 12.7 Å². The molecular weight excluding hydrogens is 473 g/mol. The summed E-state index contributed by atoms with van der Waals surface area (Å²) in [7, 11) is 0. The molecule has 37 heavy (non-hydrogen) atoms. The molecule has 1 aromatic carbocycles. The minimum atomic E-state index is -4.32. The van der Waals surface area contributed by atoms with E-state index in [9.17, 15) is 18.3 Å². The van der Waals surface area contributed by atoms with E-state index in [1.807, 2.05) is 6.92 Å². The SMILES string of the molecule is CCCCCCCCCCCCCCC1(O)C(C)=C(C)C2=[N+](Cc3ccc(C(F)(F)F)cc3)CCCN21. The second-order valence-electron chi connectivity index (χ2n) is 11.2. The van der Waals surface area contributed by atoms with E-state index in [1.165, 1.54) is 64.2 Å². The van der Waals surface area contributed by atoms with E-state index in [4.69, 9.17) is 0 Å². The fraction of sp³-hybridized carbons (Fsp3) is 0.710. The van der Waals surface area contributed by atoms with Gasteiger partial charge in [-0.2, -0.15) is 13.2 Å². The summed E-state index contributed by atoms with van der Waals surface area (Å²) in [6, 6.07) is 5.46. The fourth-order valence-corrected chi connectivity index (χ4v) is 5.98. The lowest BCUT2D eigenvalue weighted by molar-refractivity contribution is -0.554. The lowest BCUT2D eigenvalue weighted by Gasteiger charge is -2.34. The van der Waals surface area contributed by atoms with Crippen molar-refractivity contribution in [1.82, 2.24) is 4.90 Å². The summed E-state index contributed by atoms with van der Waals surface area (Å²) in [5, 5.41) is 11.8. The van der Waals surface area contributed by atoms with Gasteiger partial charge in [-0.25, -0.2) is 4.90 Å². The molecule has 0 fully saturated rings. The van der Waals surface area contributed by atoms with E-state index in [0.717, 1.165) is 73.5 Å². The van der Waals surface area contributed by atoms with Crippen molar-refractivity contribution >= 4 is 5.84 Å². The highest BCUT2D eigenvalue weighted by atomic mass is 19.4. The second-order valence-corrected chi connectivity index (χ2v) is 11.2. The third kappa shape index (κ3) is 7.84. The summed E-state index contributed by atoms with van der Waals surface area (Å²) in [5.74, 6) is 1.05. The number of hydrogen-bond acceptors (Lipinski definition) is 2. The molecule has 6 heteroatoms. The average molecular weight is 522 g/mol. The number of rotatable bonds is 15. The molecule has 0 aromatic heterocycles. The first-order valence-electron chi connectivity index (χ1n) is 14.6. The molecule has 0 amide bonds. The Morgan fingerprint density at radius 1 is 0.865 bits per heavy atom. The Balaban J connectivity index is 1.50. The van der Waals surface area contributed by atoms with Crippen molar-refractivity contribution < 1.29 is 22.9 Å². The molecule has 3 rings (SSSR count). The molecule has 1 unspecified atom stereocenters. The summed E-state index contributed by atoms with van der Waals surface area (Å²) < 4.78 is 41.1. The number of benzene rings is 1. The van der Waals surface area contributed by atoms with Gasteiger partial charge in [0.15, 0.2) is 0 Å². The van der Waals surface area contributed by atoms with Crippen molar-refractivity contribution in [3.63, 3.8) is 0 Å². The first-order chi connectivity index (χ1) is 17.7. The number of alkyl halides is 3. The monoisotopic (exact) mass is 521 g/mol. The molecule has 0 saturated carbocycles. The molecule has 2 heterocycles. The predicted octanol–water partition coefficient (Wildman–Crippen LogP) is 8.45. The van der Waals surface area contributed by atoms with Gasteiger partial charge in [-0.1, -0.05) is 89.7 Å². The Bertz CT molecular complexity index is 919. The average Bonchev–Trinajstić information content (AvgIpc) is 3.06. The molecule has 2 aliphatic rings. The van der Waals surface area contributed by atoms with Crippen LogP contribution in [0, 0.1) is 0 Å². The van der Waals surface area contributed by atoms with Gasteiger partial charge in [-0.15, -0.1) is 0 Å². The number of fused-ring (bicyclic) bond motifs is 1. The highest BCUT2D eigenvalue weighted by Gasteiger charge is 2.53. The zero-order chi connectivity index (χ0) is 26.9. The van der Waals surface area contributed by atoms with Crippen molar-refractivity contribution in [3.8, 4) is 0 Å². The van der Waals surface area contributed by atoms with Crippen LogP contribution >= 0.6 is 0 Å². The largest absolute Gasteiger partial charge is 0.416 e. The van der Waals surface area contributed by atoms with E-state index >= 15 is 0 Å². The highest BCUT2D eigenvalue weighted by molar-refractivity contribution is 5.98. The predicted molar refractivity (Wildman–Crippen MR) is 146 cm³/mol. The highest BCUT2D eigenvalue weighted by Crippen LogP contribution is 2.39. The summed E-state index contributed by atoms with van der Waals surface area (Å²) in [4.78, 5) is 2.16. The summed E-state index contributed by atoms with van der Waals surface area (Å²) in [6.07, 6.45) is 12.8. The Labute approximate surface area is 222 Å². The van der Waals surface area contributed by atoms with Crippen LogP contribution < -0.4 is 0 Å². The smallest absolute Gasteiger partial charge is 0.350 e. The zero-order valence-electron chi connectivity index (χ0n) is 23.3. The molecule has 0 radical (unpaired) electrons. The molecule has 0 spiro atoms. The molecule has 208 valence electrons. The molecule has 1 aromatic rings. The quantitative estimate of drug-likeness (QED) is 0.185. The Kier molecular flexibility index (Phi) is 11.1. The normalized spacial score (nSPS) is 20.2. The van der Waals surface area contributed by atoms with Crippen LogP contribution in [0.4, 0.5) is 13.2 Å². The minimum Gasteiger partial charge on any atom is -0.350 e. The third-order valence-electron chi connectivity index (χ3n) is 8.34. The van der Waals surface area contributed by atoms with E-state index in [1.54, 1.807) is 12.1 Å². The lowest BCUT2D eigenvalue weighted by atomic mass is 9.96. The maximum Gasteiger partial charge on any atom is 0.416 e. The van der Waals surface area contributed by atoms with Crippen molar-refractivity contribution in [3.05, 3.63) is 46.5 Å². The Hall–Kier alpha value is -1.82. The number of unbranched alkanes of at least 4 members (excludes halogenated alkanes) is 11. The Morgan fingerprint density at radius 2 is 1.41 bits per heavy atom. The first kappa shape index (κ1) is 29.7. The molecule has 0 bridgehead atoms. The van der Waals surface area contributed by atoms with Crippen molar-refractivity contribution in [2.45, 2.75) is 129 Å². The summed E-state index contributed by atoms with van der Waals surface area (Å²) >= 11 is 0. The molecule has 2 aliphatic heterocycles. The van der Waals surface area contributed by atoms with Gasteiger partial charge in [-0.05, 0) is 38.0 Å². The van der Waals surface area contributed by atoms with Gasteiger partial charge in [-0.3, -0.25) is 4.58 Å². The van der Waals surface area contributed by atoms with Crippen LogP contribution in [0.5, 0.6) is 0 Å². The molecule has 1 N–H and O–H groups in total. The van der Waals surface area contributed by atoms with Gasteiger partial charge in [0.1, 0.15) is 6.54 Å². The molecular formula is C31H48F3N2O+. The molecule has 0 saturated heterocycles. The standard InChI is InChI=1S/C31H48F3N2O/c1-4-5-6-7-8-9-10-11-12-13-14-15-21-30(37)26(3)25(2)29-35(22-16-23-36(29)30)24-27-17-19-28(20-18-27)31(32,33)34/h17-20,37H,4-16,21-24H2,1-3H3/q+1. The number of nitrogens with zero attached hydrogens (tertiary/aromatic N) is 2. The van der Waals surface area contributed by atoms with Crippen LogP contribution in [-0.4, -0.2) is 39.2 Å². The zero-order valence-corrected chi connectivity index (χ0v) is 23.3. The van der Waals surface area contributed by atoms with Crippen molar-refractivity contribution in [1.29, 1.82) is 0 Å². The lowest BCUT2D eigenvalue weighted by Crippen LogP contribution is -2.53. The first-order valence-corrected chi connectivity index (χ1v) is 14.6. The van der Waals surface area contributed by atoms with Crippen LogP contribution in [0.2, 0.25) is 0 Å². The van der Waals surface area contributed by atoms with Crippen LogP contribution in [0.15, 0.2) is 35.4 Å². The van der Waals surface area contributed by atoms with Gasteiger partial charge >= 0.3 is 6.18 Å². The number of amidine groups is 1. The molecule has 0 aliphatic carbocycles. The molecule has 3 nitrogen and oxygen atoms in total. The third-order valence-corrected chi connectivity index (χ3v) is 8.34. The van der Waals surface area contributed by atoms with Gasteiger partial charge in [0.2, 0.25) is 5.72 Å². The maximum atomic E-state index is 12.9. The second kappa shape index (κ2) is 13.8. The van der Waals surface area contributed by atoms with Crippen LogP contribution in [0.1, 0.15) is 122 Å². The van der Waals surface area contributed by atoms with Crippen molar-refractivity contribution in [2.24, 2.45) is 0 Å². The van der Waals surface area contributed by atoms with E-state index in [0.29, 0.717) is 6.54 Å². The number of halogens is 3. The van der Waals surface area contributed by atoms with Gasteiger partial charge in [0.05, 0.1) is 18.7 Å². The summed E-state index contributed by atoms with van der Waals surface area (Å²) in [6.45, 7) is 8.56. The topological polar surface area (TPSA) is 26.5 Å². The van der Waals surface area contributed by atoms with E-state index in [2.05, 4.69) is 23.3 Å².